The van der Waals surface area contributed by atoms with Crippen LogP contribution < -0.4 is 10.5 Å². The zero-order chi connectivity index (χ0) is 17.7. The van der Waals surface area contributed by atoms with Crippen LogP contribution in [0.1, 0.15) is 33.8 Å². The molecule has 2 aromatic carbocycles. The van der Waals surface area contributed by atoms with Crippen LogP contribution in [0.15, 0.2) is 40.9 Å². The number of halogens is 2. The van der Waals surface area contributed by atoms with Gasteiger partial charge in [-0.1, -0.05) is 28.1 Å². The molecule has 24 heavy (non-hydrogen) atoms. The molecular weight excluding hydrogens is 377 g/mol. The van der Waals surface area contributed by atoms with Gasteiger partial charge in [0.05, 0.1) is 12.7 Å². The number of ether oxygens (including phenoxy) is 1. The molecule has 4 nitrogen and oxygen atoms in total. The van der Waals surface area contributed by atoms with E-state index < -0.39 is 11.7 Å². The number of primary amides is 1. The molecule has 0 aliphatic heterocycles. The first-order chi connectivity index (χ1) is 11.5. The molecule has 6 heteroatoms. The summed E-state index contributed by atoms with van der Waals surface area (Å²) in [6.07, 6.45) is 0.918. The molecule has 1 amide bonds. The molecule has 2 rings (SSSR count). The molecule has 2 aromatic rings. The number of aliphatic hydroxyl groups is 1. The molecule has 0 spiro atoms. The Kier molecular flexibility index (Phi) is 6.34. The van der Waals surface area contributed by atoms with Crippen LogP contribution in [-0.4, -0.2) is 24.7 Å². The molecule has 0 heterocycles. The van der Waals surface area contributed by atoms with Crippen LogP contribution in [0.2, 0.25) is 0 Å². The standard InChI is InChI=1S/C18H19BrFNO3/c1-24-13-4-2-11(3-5-13)10-12(8-9-22)16-14(19)6-7-15(20)17(16)18(21)23/h2-7,12,22H,8-10H2,1H3,(H2,21,23). The Morgan fingerprint density at radius 1 is 1.29 bits per heavy atom. The molecular formula is C18H19BrFNO3. The number of rotatable bonds is 7. The number of benzene rings is 2. The van der Waals surface area contributed by atoms with Gasteiger partial charge >= 0.3 is 0 Å². The number of aliphatic hydroxyl groups excluding tert-OH is 1. The number of methoxy groups -OCH3 is 1. The normalized spacial score (nSPS) is 12.0. The number of hydrogen-bond acceptors (Lipinski definition) is 3. The monoisotopic (exact) mass is 395 g/mol. The minimum absolute atomic E-state index is 0.0814. The summed E-state index contributed by atoms with van der Waals surface area (Å²) in [7, 11) is 1.59. The van der Waals surface area contributed by atoms with Crippen molar-refractivity contribution in [1.82, 2.24) is 0 Å². The number of amides is 1. The highest BCUT2D eigenvalue weighted by molar-refractivity contribution is 9.10. The summed E-state index contributed by atoms with van der Waals surface area (Å²) in [4.78, 5) is 11.7. The minimum Gasteiger partial charge on any atom is -0.497 e. The molecule has 0 bridgehead atoms. The first-order valence-corrected chi connectivity index (χ1v) is 8.28. The lowest BCUT2D eigenvalue weighted by Gasteiger charge is -2.21. The van der Waals surface area contributed by atoms with Crippen molar-refractivity contribution in [1.29, 1.82) is 0 Å². The van der Waals surface area contributed by atoms with Gasteiger partial charge in [0.1, 0.15) is 11.6 Å². The van der Waals surface area contributed by atoms with Gasteiger partial charge in [-0.15, -0.1) is 0 Å². The van der Waals surface area contributed by atoms with Gasteiger partial charge in [-0.25, -0.2) is 4.39 Å². The molecule has 0 fully saturated rings. The van der Waals surface area contributed by atoms with Gasteiger partial charge in [0, 0.05) is 11.1 Å². The Morgan fingerprint density at radius 2 is 1.96 bits per heavy atom. The first-order valence-electron chi connectivity index (χ1n) is 7.49. The van der Waals surface area contributed by atoms with Gasteiger partial charge < -0.3 is 15.6 Å². The van der Waals surface area contributed by atoms with Gasteiger partial charge in [0.2, 0.25) is 0 Å². The predicted molar refractivity (Wildman–Crippen MR) is 93.8 cm³/mol. The van der Waals surface area contributed by atoms with Crippen LogP contribution in [0.4, 0.5) is 4.39 Å². The van der Waals surface area contributed by atoms with E-state index in [0.29, 0.717) is 22.9 Å². The van der Waals surface area contributed by atoms with Crippen LogP contribution in [-0.2, 0) is 6.42 Å². The summed E-state index contributed by atoms with van der Waals surface area (Å²) in [5.41, 5.74) is 6.72. The maximum absolute atomic E-state index is 14.1. The van der Waals surface area contributed by atoms with E-state index in [1.165, 1.54) is 6.07 Å². The molecule has 0 saturated heterocycles. The average molecular weight is 396 g/mol. The molecule has 0 aliphatic carbocycles. The highest BCUT2D eigenvalue weighted by Gasteiger charge is 2.24. The van der Waals surface area contributed by atoms with E-state index in [1.807, 2.05) is 24.3 Å². The van der Waals surface area contributed by atoms with Crippen molar-refractivity contribution >= 4 is 21.8 Å². The number of carbonyl (C=O) groups excluding carboxylic acids is 1. The maximum Gasteiger partial charge on any atom is 0.252 e. The Bertz CT molecular complexity index is 719. The third-order valence-electron chi connectivity index (χ3n) is 3.91. The molecule has 1 atom stereocenters. The van der Waals surface area contributed by atoms with Gasteiger partial charge in [-0.2, -0.15) is 0 Å². The second-order valence-electron chi connectivity index (χ2n) is 5.44. The summed E-state index contributed by atoms with van der Waals surface area (Å²) >= 11 is 3.38. The SMILES string of the molecule is COc1ccc(CC(CCO)c2c(Br)ccc(F)c2C(N)=O)cc1. The Morgan fingerprint density at radius 3 is 2.50 bits per heavy atom. The quantitative estimate of drug-likeness (QED) is 0.754. The minimum atomic E-state index is -0.818. The second-order valence-corrected chi connectivity index (χ2v) is 6.30. The van der Waals surface area contributed by atoms with Gasteiger partial charge in [0.25, 0.3) is 5.91 Å². The molecule has 128 valence electrons. The Balaban J connectivity index is 2.43. The Labute approximate surface area is 148 Å². The van der Waals surface area contributed by atoms with Gasteiger partial charge in [0.15, 0.2) is 0 Å². The maximum atomic E-state index is 14.1. The molecule has 0 aliphatic rings. The molecule has 0 saturated carbocycles. The third-order valence-corrected chi connectivity index (χ3v) is 4.61. The fourth-order valence-electron chi connectivity index (χ4n) is 2.77. The van der Waals surface area contributed by atoms with Crippen LogP contribution in [0, 0.1) is 5.82 Å². The molecule has 3 N–H and O–H groups in total. The summed E-state index contributed by atoms with van der Waals surface area (Å²) in [6, 6.07) is 10.2. The van der Waals surface area contributed by atoms with E-state index in [9.17, 15) is 14.3 Å². The predicted octanol–water partition coefficient (Wildman–Crippen LogP) is 3.40. The highest BCUT2D eigenvalue weighted by Crippen LogP contribution is 2.34. The number of carbonyl (C=O) groups is 1. The van der Waals surface area contributed by atoms with Crippen molar-refractivity contribution in [3.8, 4) is 5.75 Å². The van der Waals surface area contributed by atoms with E-state index in [2.05, 4.69) is 15.9 Å². The fourth-order valence-corrected chi connectivity index (χ4v) is 3.42. The average Bonchev–Trinajstić information content (AvgIpc) is 2.56. The first kappa shape index (κ1) is 18.4. The van der Waals surface area contributed by atoms with Crippen molar-refractivity contribution in [2.75, 3.05) is 13.7 Å². The second kappa shape index (κ2) is 8.26. The third kappa shape index (κ3) is 4.13. The van der Waals surface area contributed by atoms with E-state index in [0.717, 1.165) is 11.3 Å². The molecule has 1 unspecified atom stereocenters. The lowest BCUT2D eigenvalue weighted by molar-refractivity contribution is 0.0994. The lowest BCUT2D eigenvalue weighted by Crippen LogP contribution is -2.19. The van der Waals surface area contributed by atoms with E-state index in [-0.39, 0.29) is 18.1 Å². The smallest absolute Gasteiger partial charge is 0.252 e. The van der Waals surface area contributed by atoms with E-state index in [4.69, 9.17) is 10.5 Å². The van der Waals surface area contributed by atoms with Crippen molar-refractivity contribution in [2.24, 2.45) is 5.73 Å². The van der Waals surface area contributed by atoms with Crippen LogP contribution >= 0.6 is 15.9 Å². The van der Waals surface area contributed by atoms with Crippen LogP contribution in [0.3, 0.4) is 0 Å². The lowest BCUT2D eigenvalue weighted by atomic mass is 9.86. The van der Waals surface area contributed by atoms with Crippen LogP contribution in [0.5, 0.6) is 5.75 Å². The fraction of sp³-hybridized carbons (Fsp3) is 0.278. The summed E-state index contributed by atoms with van der Waals surface area (Å²) in [5.74, 6) is -0.988. The van der Waals surface area contributed by atoms with Crippen molar-refractivity contribution < 1.29 is 19.0 Å². The highest BCUT2D eigenvalue weighted by atomic mass is 79.9. The largest absolute Gasteiger partial charge is 0.497 e. The summed E-state index contributed by atoms with van der Waals surface area (Å²) in [6.45, 7) is -0.0814. The number of hydrogen-bond donors (Lipinski definition) is 2. The van der Waals surface area contributed by atoms with Gasteiger partial charge in [-0.05, 0) is 54.2 Å². The number of nitrogens with two attached hydrogens (primary N) is 1. The van der Waals surface area contributed by atoms with Crippen molar-refractivity contribution in [3.63, 3.8) is 0 Å². The summed E-state index contributed by atoms with van der Waals surface area (Å²) in [5, 5.41) is 9.40. The van der Waals surface area contributed by atoms with E-state index >= 15 is 0 Å². The topological polar surface area (TPSA) is 72.6 Å². The zero-order valence-corrected chi connectivity index (χ0v) is 14.8. The van der Waals surface area contributed by atoms with Gasteiger partial charge in [-0.3, -0.25) is 4.79 Å². The zero-order valence-electron chi connectivity index (χ0n) is 13.3. The summed E-state index contributed by atoms with van der Waals surface area (Å²) < 4.78 is 19.9. The molecule has 0 aromatic heterocycles. The van der Waals surface area contributed by atoms with Crippen molar-refractivity contribution in [2.45, 2.75) is 18.8 Å². The molecule has 0 radical (unpaired) electrons. The van der Waals surface area contributed by atoms with E-state index in [1.54, 1.807) is 13.2 Å². The van der Waals surface area contributed by atoms with Crippen molar-refractivity contribution in [3.05, 3.63) is 63.4 Å². The van der Waals surface area contributed by atoms with Crippen LogP contribution in [0.25, 0.3) is 0 Å². The Hall–Kier alpha value is -1.92.